The van der Waals surface area contributed by atoms with Crippen molar-refractivity contribution in [3.63, 3.8) is 0 Å². The Bertz CT molecular complexity index is 381. The molecule has 1 rings (SSSR count). The maximum Gasteiger partial charge on any atom is 0.314 e. The first-order chi connectivity index (χ1) is 7.63. The minimum Gasteiger partial charge on any atom is -0.495 e. The molecular formula is C11H14ClNO3. The van der Waals surface area contributed by atoms with Gasteiger partial charge in [0.2, 0.25) is 0 Å². The van der Waals surface area contributed by atoms with E-state index in [1.807, 2.05) is 0 Å². The minimum atomic E-state index is -0.490. The number of hydrogen-bond donors (Lipinski definition) is 1. The average molecular weight is 244 g/mol. The van der Waals surface area contributed by atoms with E-state index in [1.54, 1.807) is 18.2 Å². The fourth-order valence-electron chi connectivity index (χ4n) is 1.40. The van der Waals surface area contributed by atoms with Gasteiger partial charge in [0.05, 0.1) is 25.2 Å². The molecule has 5 heteroatoms. The first-order valence-corrected chi connectivity index (χ1v) is 5.13. The molecule has 0 fully saturated rings. The molecule has 1 aromatic carbocycles. The lowest BCUT2D eigenvalue weighted by molar-refractivity contribution is -0.142. The van der Waals surface area contributed by atoms with Crippen molar-refractivity contribution in [2.75, 3.05) is 20.8 Å². The molecule has 2 N–H and O–H groups in total. The molecule has 0 heterocycles. The largest absolute Gasteiger partial charge is 0.495 e. The summed E-state index contributed by atoms with van der Waals surface area (Å²) in [4.78, 5) is 11.5. The van der Waals surface area contributed by atoms with Crippen molar-refractivity contribution in [3.8, 4) is 5.75 Å². The Kier molecular flexibility index (Phi) is 4.58. The van der Waals surface area contributed by atoms with Crippen LogP contribution < -0.4 is 10.5 Å². The van der Waals surface area contributed by atoms with Crippen LogP contribution in [-0.2, 0) is 9.53 Å². The van der Waals surface area contributed by atoms with E-state index >= 15 is 0 Å². The summed E-state index contributed by atoms with van der Waals surface area (Å²) in [5.74, 6) is -0.343. The van der Waals surface area contributed by atoms with Crippen LogP contribution in [0.3, 0.4) is 0 Å². The molecule has 0 aliphatic rings. The molecule has 0 radical (unpaired) electrons. The van der Waals surface area contributed by atoms with Gasteiger partial charge in [0.1, 0.15) is 5.75 Å². The minimum absolute atomic E-state index is 0.178. The van der Waals surface area contributed by atoms with E-state index in [-0.39, 0.29) is 12.5 Å². The molecular weight excluding hydrogens is 230 g/mol. The highest BCUT2D eigenvalue weighted by Gasteiger charge is 2.20. The van der Waals surface area contributed by atoms with Crippen molar-refractivity contribution >= 4 is 17.6 Å². The van der Waals surface area contributed by atoms with Crippen LogP contribution in [-0.4, -0.2) is 26.7 Å². The zero-order valence-corrected chi connectivity index (χ0v) is 9.95. The Hall–Kier alpha value is -1.26. The molecule has 4 nitrogen and oxygen atoms in total. The third-order valence-electron chi connectivity index (χ3n) is 2.30. The molecule has 0 aliphatic heterocycles. The highest BCUT2D eigenvalue weighted by atomic mass is 35.5. The van der Waals surface area contributed by atoms with E-state index in [4.69, 9.17) is 22.1 Å². The molecule has 1 unspecified atom stereocenters. The Morgan fingerprint density at radius 2 is 2.19 bits per heavy atom. The van der Waals surface area contributed by atoms with Crippen LogP contribution in [0.1, 0.15) is 11.5 Å². The van der Waals surface area contributed by atoms with Gasteiger partial charge in [0.25, 0.3) is 0 Å². The van der Waals surface area contributed by atoms with E-state index in [9.17, 15) is 4.79 Å². The van der Waals surface area contributed by atoms with Gasteiger partial charge in [-0.05, 0) is 17.7 Å². The van der Waals surface area contributed by atoms with E-state index in [1.165, 1.54) is 14.2 Å². The summed E-state index contributed by atoms with van der Waals surface area (Å²) >= 11 is 5.89. The quantitative estimate of drug-likeness (QED) is 0.816. The van der Waals surface area contributed by atoms with Gasteiger partial charge in [-0.25, -0.2) is 0 Å². The van der Waals surface area contributed by atoms with Crippen LogP contribution in [0.4, 0.5) is 0 Å². The predicted octanol–water partition coefficient (Wildman–Crippen LogP) is 1.56. The highest BCUT2D eigenvalue weighted by molar-refractivity contribution is 6.32. The van der Waals surface area contributed by atoms with Crippen molar-refractivity contribution in [3.05, 3.63) is 28.8 Å². The molecule has 0 saturated carbocycles. The van der Waals surface area contributed by atoms with E-state index in [0.717, 1.165) is 5.56 Å². The maximum atomic E-state index is 11.5. The third kappa shape index (κ3) is 2.65. The zero-order chi connectivity index (χ0) is 12.1. The fourth-order valence-corrected chi connectivity index (χ4v) is 1.60. The second-order valence-electron chi connectivity index (χ2n) is 3.21. The molecule has 0 bridgehead atoms. The number of nitrogens with two attached hydrogens (primary N) is 1. The van der Waals surface area contributed by atoms with Crippen LogP contribution in [0.2, 0.25) is 5.02 Å². The van der Waals surface area contributed by atoms with Crippen LogP contribution >= 0.6 is 11.6 Å². The molecule has 1 aromatic rings. The molecule has 1 atom stereocenters. The van der Waals surface area contributed by atoms with Gasteiger partial charge in [0.15, 0.2) is 0 Å². The van der Waals surface area contributed by atoms with Crippen molar-refractivity contribution in [2.24, 2.45) is 5.73 Å². The molecule has 16 heavy (non-hydrogen) atoms. The third-order valence-corrected chi connectivity index (χ3v) is 2.61. The summed E-state index contributed by atoms with van der Waals surface area (Å²) in [5, 5.41) is 0.492. The summed E-state index contributed by atoms with van der Waals surface area (Å²) < 4.78 is 9.74. The molecule has 0 aromatic heterocycles. The van der Waals surface area contributed by atoms with Crippen molar-refractivity contribution in [1.82, 2.24) is 0 Å². The van der Waals surface area contributed by atoms with Crippen LogP contribution in [0.15, 0.2) is 18.2 Å². The number of carbonyl (C=O) groups excluding carboxylic acids is 1. The van der Waals surface area contributed by atoms with E-state index in [2.05, 4.69) is 4.74 Å². The number of benzene rings is 1. The lowest BCUT2D eigenvalue weighted by Crippen LogP contribution is -2.22. The summed E-state index contributed by atoms with van der Waals surface area (Å²) in [5.41, 5.74) is 6.27. The Balaban J connectivity index is 3.06. The van der Waals surface area contributed by atoms with Gasteiger partial charge < -0.3 is 15.2 Å². The molecule has 0 spiro atoms. The number of esters is 1. The average Bonchev–Trinajstić information content (AvgIpc) is 2.31. The first kappa shape index (κ1) is 12.8. The monoisotopic (exact) mass is 243 g/mol. The summed E-state index contributed by atoms with van der Waals surface area (Å²) in [7, 11) is 2.85. The fraction of sp³-hybridized carbons (Fsp3) is 0.364. The Morgan fingerprint density at radius 1 is 1.50 bits per heavy atom. The SMILES string of the molecule is COC(=O)C(CN)c1ccc(Cl)c(OC)c1. The molecule has 0 aliphatic carbocycles. The summed E-state index contributed by atoms with van der Waals surface area (Å²) in [6.07, 6.45) is 0. The second-order valence-corrected chi connectivity index (χ2v) is 3.61. The number of rotatable bonds is 4. The van der Waals surface area contributed by atoms with Gasteiger partial charge in [-0.15, -0.1) is 0 Å². The van der Waals surface area contributed by atoms with Gasteiger partial charge in [0, 0.05) is 6.54 Å². The topological polar surface area (TPSA) is 61.5 Å². The van der Waals surface area contributed by atoms with Crippen LogP contribution in [0.25, 0.3) is 0 Å². The zero-order valence-electron chi connectivity index (χ0n) is 9.20. The molecule has 88 valence electrons. The van der Waals surface area contributed by atoms with E-state index < -0.39 is 5.92 Å². The van der Waals surface area contributed by atoms with Gasteiger partial charge in [-0.1, -0.05) is 17.7 Å². The van der Waals surface area contributed by atoms with Gasteiger partial charge in [-0.3, -0.25) is 4.79 Å². The lowest BCUT2D eigenvalue weighted by Gasteiger charge is -2.14. The number of ether oxygens (including phenoxy) is 2. The van der Waals surface area contributed by atoms with Crippen LogP contribution in [0.5, 0.6) is 5.75 Å². The van der Waals surface area contributed by atoms with Crippen molar-refractivity contribution in [2.45, 2.75) is 5.92 Å². The maximum absolute atomic E-state index is 11.5. The summed E-state index contributed by atoms with van der Waals surface area (Å²) in [6, 6.07) is 5.09. The second kappa shape index (κ2) is 5.72. The molecule has 0 saturated heterocycles. The summed E-state index contributed by atoms with van der Waals surface area (Å²) in [6.45, 7) is 0.178. The van der Waals surface area contributed by atoms with E-state index in [0.29, 0.717) is 10.8 Å². The number of methoxy groups -OCH3 is 2. The van der Waals surface area contributed by atoms with Crippen molar-refractivity contribution in [1.29, 1.82) is 0 Å². The van der Waals surface area contributed by atoms with Gasteiger partial charge in [-0.2, -0.15) is 0 Å². The normalized spacial score (nSPS) is 12.0. The predicted molar refractivity (Wildman–Crippen MR) is 61.8 cm³/mol. The van der Waals surface area contributed by atoms with Crippen molar-refractivity contribution < 1.29 is 14.3 Å². The highest BCUT2D eigenvalue weighted by Crippen LogP contribution is 2.28. The Morgan fingerprint density at radius 3 is 2.69 bits per heavy atom. The number of halogens is 1. The Labute approximate surface area is 99.3 Å². The first-order valence-electron chi connectivity index (χ1n) is 4.75. The van der Waals surface area contributed by atoms with Crippen LogP contribution in [0, 0.1) is 0 Å². The number of hydrogen-bond acceptors (Lipinski definition) is 4. The number of carbonyl (C=O) groups is 1. The standard InChI is InChI=1S/C11H14ClNO3/c1-15-10-5-7(3-4-9(10)12)8(6-13)11(14)16-2/h3-5,8H,6,13H2,1-2H3. The molecule has 0 amide bonds. The van der Waals surface area contributed by atoms with Gasteiger partial charge >= 0.3 is 5.97 Å². The lowest BCUT2D eigenvalue weighted by atomic mass is 9.99. The smallest absolute Gasteiger partial charge is 0.314 e.